The van der Waals surface area contributed by atoms with E-state index < -0.39 is 0 Å². The summed E-state index contributed by atoms with van der Waals surface area (Å²) in [6.45, 7) is 0. The van der Waals surface area contributed by atoms with Gasteiger partial charge in [0.1, 0.15) is 5.82 Å². The molecule has 3 N–H and O–H groups in total. The molecule has 0 radical (unpaired) electrons. The number of pyridine rings is 1. The molecule has 1 aliphatic rings. The van der Waals surface area contributed by atoms with Crippen LogP contribution < -0.4 is 11.1 Å². The van der Waals surface area contributed by atoms with Crippen molar-refractivity contribution in [3.63, 3.8) is 0 Å². The number of hydrogen-bond donors (Lipinski definition) is 2. The molecule has 0 spiro atoms. The van der Waals surface area contributed by atoms with Gasteiger partial charge in [0.25, 0.3) is 0 Å². The third-order valence-electron chi connectivity index (χ3n) is 3.36. The van der Waals surface area contributed by atoms with Crippen LogP contribution in [0.3, 0.4) is 0 Å². The Balaban J connectivity index is 1.74. The van der Waals surface area contributed by atoms with Crippen LogP contribution in [0.1, 0.15) is 23.5 Å². The number of rotatable bonds is 3. The second-order valence-electron chi connectivity index (χ2n) is 4.83. The van der Waals surface area contributed by atoms with Gasteiger partial charge in [0.2, 0.25) is 0 Å². The van der Waals surface area contributed by atoms with Gasteiger partial charge in [0, 0.05) is 29.4 Å². The molecule has 1 fully saturated rings. The predicted octanol–water partition coefficient (Wildman–Crippen LogP) is 2.62. The van der Waals surface area contributed by atoms with Gasteiger partial charge in [-0.25, -0.2) is 4.98 Å². The number of nitrogens with zero attached hydrogens (tertiary/aromatic N) is 1. The Hall–Kier alpha value is -2.31. The van der Waals surface area contributed by atoms with Crippen molar-refractivity contribution in [2.45, 2.75) is 18.4 Å². The summed E-state index contributed by atoms with van der Waals surface area (Å²) in [7, 11) is 0. The lowest BCUT2D eigenvalue weighted by atomic mass is 10.2. The van der Waals surface area contributed by atoms with Crippen molar-refractivity contribution in [3.05, 3.63) is 53.7 Å². The van der Waals surface area contributed by atoms with Crippen molar-refractivity contribution < 1.29 is 0 Å². The lowest BCUT2D eigenvalue weighted by Gasteiger charge is -2.06. The molecule has 19 heavy (non-hydrogen) atoms. The maximum atomic E-state index is 5.83. The molecule has 0 aliphatic heterocycles. The molecular formula is C16H15N3. The maximum Gasteiger partial charge on any atom is 0.130 e. The molecule has 3 nitrogen and oxygen atoms in total. The molecule has 0 bridgehead atoms. The van der Waals surface area contributed by atoms with Crippen molar-refractivity contribution in [1.29, 1.82) is 0 Å². The Bertz CT molecular complexity index is 625. The van der Waals surface area contributed by atoms with Gasteiger partial charge in [-0.3, -0.25) is 0 Å². The zero-order valence-corrected chi connectivity index (χ0v) is 10.5. The zero-order chi connectivity index (χ0) is 13.2. The number of benzene rings is 1. The molecule has 1 heterocycles. The summed E-state index contributed by atoms with van der Waals surface area (Å²) in [6.07, 6.45) is 8.34. The summed E-state index contributed by atoms with van der Waals surface area (Å²) in [5, 5.41) is 3.24. The average Bonchev–Trinajstić information content (AvgIpc) is 3.17. The molecule has 1 aromatic carbocycles. The molecular weight excluding hydrogens is 234 g/mol. The molecule has 1 aliphatic carbocycles. The smallest absolute Gasteiger partial charge is 0.130 e. The second kappa shape index (κ2) is 4.75. The van der Waals surface area contributed by atoms with Crippen molar-refractivity contribution in [2.75, 3.05) is 5.32 Å². The molecule has 1 aromatic heterocycles. The molecule has 0 saturated heterocycles. The first-order chi connectivity index (χ1) is 9.26. The highest BCUT2D eigenvalue weighted by atomic mass is 15.0. The molecule has 1 saturated carbocycles. The topological polar surface area (TPSA) is 50.9 Å². The van der Waals surface area contributed by atoms with E-state index >= 15 is 0 Å². The van der Waals surface area contributed by atoms with E-state index in [4.69, 9.17) is 12.2 Å². The molecule has 3 heteroatoms. The van der Waals surface area contributed by atoms with Crippen LogP contribution >= 0.6 is 0 Å². The average molecular weight is 249 g/mol. The molecule has 94 valence electrons. The lowest BCUT2D eigenvalue weighted by molar-refractivity contribution is 0.981. The summed E-state index contributed by atoms with van der Waals surface area (Å²) < 4.78 is 0. The Morgan fingerprint density at radius 3 is 2.79 bits per heavy atom. The summed E-state index contributed by atoms with van der Waals surface area (Å²) in [5.41, 5.74) is 8.84. The van der Waals surface area contributed by atoms with E-state index in [0.717, 1.165) is 23.5 Å². The van der Waals surface area contributed by atoms with Gasteiger partial charge >= 0.3 is 0 Å². The number of anilines is 2. The second-order valence-corrected chi connectivity index (χ2v) is 4.83. The van der Waals surface area contributed by atoms with Gasteiger partial charge in [0.05, 0.1) is 0 Å². The number of nitrogens with two attached hydrogens (primary N) is 1. The molecule has 2 atom stereocenters. The third-order valence-corrected chi connectivity index (χ3v) is 3.36. The van der Waals surface area contributed by atoms with Gasteiger partial charge < -0.3 is 11.1 Å². The van der Waals surface area contributed by atoms with Crippen LogP contribution in [0.25, 0.3) is 0 Å². The molecule has 0 amide bonds. The highest BCUT2D eigenvalue weighted by Gasteiger charge is 2.34. The minimum Gasteiger partial charge on any atom is -0.340 e. The fourth-order valence-corrected chi connectivity index (χ4v) is 2.13. The van der Waals surface area contributed by atoms with Crippen LogP contribution in [-0.2, 0) is 0 Å². The van der Waals surface area contributed by atoms with Crippen LogP contribution in [0.15, 0.2) is 42.6 Å². The number of nitrogens with one attached hydrogen (secondary N) is 1. The molecule has 3 rings (SSSR count). The van der Waals surface area contributed by atoms with Gasteiger partial charge in [-0.2, -0.15) is 0 Å². The van der Waals surface area contributed by atoms with E-state index in [-0.39, 0.29) is 0 Å². The minimum atomic E-state index is 0.313. The Labute approximate surface area is 112 Å². The van der Waals surface area contributed by atoms with Crippen molar-refractivity contribution in [2.24, 2.45) is 5.73 Å². The molecule has 2 aromatic rings. The Morgan fingerprint density at radius 2 is 2.16 bits per heavy atom. The number of aromatic nitrogens is 1. The Kier molecular flexibility index (Phi) is 2.94. The van der Waals surface area contributed by atoms with Crippen molar-refractivity contribution in [3.8, 4) is 12.3 Å². The van der Waals surface area contributed by atoms with Crippen LogP contribution in [0.2, 0.25) is 0 Å². The quantitative estimate of drug-likeness (QED) is 0.822. The van der Waals surface area contributed by atoms with Crippen LogP contribution in [0, 0.1) is 12.3 Å². The molecule has 2 unspecified atom stereocenters. The first-order valence-corrected chi connectivity index (χ1v) is 6.31. The third kappa shape index (κ3) is 2.59. The van der Waals surface area contributed by atoms with Crippen molar-refractivity contribution >= 4 is 11.5 Å². The summed E-state index contributed by atoms with van der Waals surface area (Å²) in [4.78, 5) is 4.41. The lowest BCUT2D eigenvalue weighted by Crippen LogP contribution is -2.01. The fourth-order valence-electron chi connectivity index (χ4n) is 2.13. The monoisotopic (exact) mass is 249 g/mol. The largest absolute Gasteiger partial charge is 0.340 e. The van der Waals surface area contributed by atoms with Gasteiger partial charge in [-0.05, 0) is 36.2 Å². The van der Waals surface area contributed by atoms with Crippen LogP contribution in [0.4, 0.5) is 11.5 Å². The highest BCUT2D eigenvalue weighted by molar-refractivity contribution is 5.58. The SMILES string of the molecule is C#Cc1cccc(Nc2ccc(C3CC3N)cn2)c1. The maximum absolute atomic E-state index is 5.83. The Morgan fingerprint density at radius 1 is 1.32 bits per heavy atom. The van der Waals surface area contributed by atoms with E-state index in [2.05, 4.69) is 22.3 Å². The highest BCUT2D eigenvalue weighted by Crippen LogP contribution is 2.38. The summed E-state index contributed by atoms with van der Waals surface area (Å²) >= 11 is 0. The number of terminal acetylenes is 1. The number of hydrogen-bond acceptors (Lipinski definition) is 3. The standard InChI is InChI=1S/C16H15N3/c1-2-11-4-3-5-13(8-11)19-16-7-6-12(10-18-16)14-9-15(14)17/h1,3-8,10,14-15H,9,17H2,(H,18,19). The van der Waals surface area contributed by atoms with Gasteiger partial charge in [0.15, 0.2) is 0 Å². The van der Waals surface area contributed by atoms with E-state index in [1.165, 1.54) is 5.56 Å². The van der Waals surface area contributed by atoms with Crippen LogP contribution in [0.5, 0.6) is 0 Å². The van der Waals surface area contributed by atoms with Crippen LogP contribution in [-0.4, -0.2) is 11.0 Å². The predicted molar refractivity (Wildman–Crippen MR) is 77.2 cm³/mol. The normalized spacial score (nSPS) is 20.6. The van der Waals surface area contributed by atoms with Gasteiger partial charge in [-0.15, -0.1) is 6.42 Å². The van der Waals surface area contributed by atoms with E-state index in [0.29, 0.717) is 12.0 Å². The van der Waals surface area contributed by atoms with E-state index in [1.807, 2.05) is 36.5 Å². The first kappa shape index (κ1) is 11.8. The van der Waals surface area contributed by atoms with E-state index in [1.54, 1.807) is 0 Å². The first-order valence-electron chi connectivity index (χ1n) is 6.31. The zero-order valence-electron chi connectivity index (χ0n) is 10.5. The van der Waals surface area contributed by atoms with Crippen molar-refractivity contribution in [1.82, 2.24) is 4.98 Å². The van der Waals surface area contributed by atoms with Gasteiger partial charge in [-0.1, -0.05) is 18.1 Å². The summed E-state index contributed by atoms with van der Waals surface area (Å²) in [5.74, 6) is 3.92. The minimum absolute atomic E-state index is 0.313. The van der Waals surface area contributed by atoms with E-state index in [9.17, 15) is 0 Å². The fraction of sp³-hybridized carbons (Fsp3) is 0.188. The summed E-state index contributed by atoms with van der Waals surface area (Å²) in [6, 6.07) is 12.1.